The second-order valence-electron chi connectivity index (χ2n) is 4.41. The van der Waals surface area contributed by atoms with Crippen LogP contribution in [0.4, 0.5) is 5.69 Å². The van der Waals surface area contributed by atoms with Crippen molar-refractivity contribution in [2.45, 2.75) is 0 Å². The van der Waals surface area contributed by atoms with Crippen LogP contribution in [0.5, 0.6) is 0 Å². The minimum atomic E-state index is 0.780. The Kier molecular flexibility index (Phi) is 6.02. The normalized spacial score (nSPS) is 9.67. The molecule has 0 atom stereocenters. The maximum atomic E-state index is 6.08. The first kappa shape index (κ1) is 15.8. The van der Waals surface area contributed by atoms with E-state index in [1.165, 1.54) is 5.56 Å². The molecule has 0 unspecified atom stereocenters. The van der Waals surface area contributed by atoms with E-state index in [2.05, 4.69) is 52.0 Å². The van der Waals surface area contributed by atoms with Gasteiger partial charge in [-0.3, -0.25) is 0 Å². The fourth-order valence-corrected chi connectivity index (χ4v) is 2.24. The van der Waals surface area contributed by atoms with Crippen molar-refractivity contribution < 1.29 is 18.2 Å². The Morgan fingerprint density at radius 1 is 0.762 bits per heavy atom. The van der Waals surface area contributed by atoms with Crippen molar-refractivity contribution in [2.75, 3.05) is 5.73 Å². The molecule has 2 N–H and O–H groups in total. The summed E-state index contributed by atoms with van der Waals surface area (Å²) in [5.41, 5.74) is 11.3. The summed E-state index contributed by atoms with van der Waals surface area (Å²) in [5, 5.41) is 0. The molecule has 3 aromatic carbocycles. The molecule has 3 rings (SSSR count). The van der Waals surface area contributed by atoms with Crippen molar-refractivity contribution in [2.24, 2.45) is 0 Å². The van der Waals surface area contributed by atoms with E-state index in [0.717, 1.165) is 22.4 Å². The molecular formula is C18H14ClNPd. The molecule has 0 radical (unpaired) electrons. The third-order valence-corrected chi connectivity index (χ3v) is 3.17. The Hall–Kier alpha value is -1.59. The van der Waals surface area contributed by atoms with Crippen molar-refractivity contribution >= 4 is 15.2 Å². The fraction of sp³-hybridized carbons (Fsp3) is 0. The van der Waals surface area contributed by atoms with Crippen LogP contribution >= 0.6 is 9.53 Å². The van der Waals surface area contributed by atoms with Crippen LogP contribution in [0, 0.1) is 6.07 Å². The van der Waals surface area contributed by atoms with E-state index in [1.807, 2.05) is 54.6 Å². The van der Waals surface area contributed by atoms with Crippen LogP contribution in [0.15, 0.2) is 72.8 Å². The number of halogens is 1. The van der Waals surface area contributed by atoms with Gasteiger partial charge in [0.1, 0.15) is 0 Å². The van der Waals surface area contributed by atoms with Gasteiger partial charge in [0.15, 0.2) is 0 Å². The standard InChI is InChI=1S/C18H14N.ClH.Pd/c19-18-13-7-6-12-17(18)16-11-5-4-10-15(16)14-8-2-1-3-9-14;;/h1-10,12-13H,19H2;1H;/q-1;;+2/p-1. The van der Waals surface area contributed by atoms with Crippen molar-refractivity contribution in [1.82, 2.24) is 0 Å². The van der Waals surface area contributed by atoms with Crippen LogP contribution in [-0.2, 0) is 18.2 Å². The summed E-state index contributed by atoms with van der Waals surface area (Å²) in [4.78, 5) is 0. The molecular weight excluding hydrogens is 372 g/mol. The summed E-state index contributed by atoms with van der Waals surface area (Å²) in [6.45, 7) is 0. The number of rotatable bonds is 2. The van der Waals surface area contributed by atoms with Crippen molar-refractivity contribution in [3.63, 3.8) is 0 Å². The second kappa shape index (κ2) is 8.00. The van der Waals surface area contributed by atoms with Crippen LogP contribution in [0.25, 0.3) is 22.3 Å². The molecule has 0 saturated heterocycles. The zero-order chi connectivity index (χ0) is 15.1. The molecule has 0 fully saturated rings. The minimum absolute atomic E-state index is 0.780. The predicted molar refractivity (Wildman–Crippen MR) is 86.4 cm³/mol. The summed E-state index contributed by atoms with van der Waals surface area (Å²) in [6, 6.07) is 27.6. The van der Waals surface area contributed by atoms with Gasteiger partial charge < -0.3 is 5.73 Å². The first-order chi connectivity index (χ1) is 10.4. The van der Waals surface area contributed by atoms with E-state index >= 15 is 0 Å². The van der Waals surface area contributed by atoms with Gasteiger partial charge in [0, 0.05) is 0 Å². The van der Waals surface area contributed by atoms with E-state index < -0.39 is 0 Å². The van der Waals surface area contributed by atoms with E-state index in [1.54, 1.807) is 0 Å². The van der Waals surface area contributed by atoms with Gasteiger partial charge in [-0.2, -0.15) is 0 Å². The van der Waals surface area contributed by atoms with E-state index in [4.69, 9.17) is 5.73 Å². The molecule has 0 aliphatic heterocycles. The van der Waals surface area contributed by atoms with Crippen LogP contribution < -0.4 is 5.73 Å². The molecule has 1 nitrogen and oxygen atoms in total. The van der Waals surface area contributed by atoms with Gasteiger partial charge in [0.2, 0.25) is 0 Å². The number of para-hydroxylation sites is 1. The van der Waals surface area contributed by atoms with Crippen molar-refractivity contribution in [3.8, 4) is 22.3 Å². The molecule has 0 aromatic heterocycles. The number of benzene rings is 3. The summed E-state index contributed by atoms with van der Waals surface area (Å²) >= 11 is 2.22. The van der Waals surface area contributed by atoms with Gasteiger partial charge in [0.05, 0.1) is 0 Å². The van der Waals surface area contributed by atoms with Gasteiger partial charge in [-0.1, -0.05) is 59.7 Å². The number of nitrogen functional groups attached to an aromatic ring is 1. The molecule has 0 aliphatic rings. The first-order valence-electron chi connectivity index (χ1n) is 6.39. The van der Waals surface area contributed by atoms with Crippen LogP contribution in [0.3, 0.4) is 0 Å². The summed E-state index contributed by atoms with van der Waals surface area (Å²) in [6.07, 6.45) is 0. The molecule has 0 amide bonds. The molecule has 0 bridgehead atoms. The van der Waals surface area contributed by atoms with E-state index in [-0.39, 0.29) is 0 Å². The van der Waals surface area contributed by atoms with Crippen molar-refractivity contribution in [3.05, 3.63) is 78.9 Å². The number of hydrogen-bond donors (Lipinski definition) is 1. The Balaban J connectivity index is 0.000000774. The monoisotopic (exact) mass is 385 g/mol. The maximum absolute atomic E-state index is 6.08. The SMILES string of the molecule is Nc1ccccc1-c1[c-]cccc1-c1ccccc1.[Cl][Pd+]. The van der Waals surface area contributed by atoms with Gasteiger partial charge in [0.25, 0.3) is 0 Å². The molecule has 3 heteroatoms. The fourth-order valence-electron chi connectivity index (χ4n) is 2.24. The number of hydrogen-bond acceptors (Lipinski definition) is 1. The van der Waals surface area contributed by atoms with Crippen LogP contribution in [0.2, 0.25) is 0 Å². The van der Waals surface area contributed by atoms with Gasteiger partial charge >= 0.3 is 27.7 Å². The molecule has 0 heterocycles. The average Bonchev–Trinajstić information content (AvgIpc) is 2.58. The summed E-state index contributed by atoms with van der Waals surface area (Å²) in [7, 11) is 4.49. The predicted octanol–water partition coefficient (Wildman–Crippen LogP) is 5.09. The Labute approximate surface area is 140 Å². The van der Waals surface area contributed by atoms with E-state index in [0.29, 0.717) is 0 Å². The molecule has 108 valence electrons. The third-order valence-electron chi connectivity index (χ3n) is 3.17. The second-order valence-corrected chi connectivity index (χ2v) is 4.41. The van der Waals surface area contributed by atoms with Crippen LogP contribution in [-0.4, -0.2) is 0 Å². The zero-order valence-corrected chi connectivity index (χ0v) is 13.5. The molecule has 3 aromatic rings. The number of nitrogens with two attached hydrogens (primary N) is 1. The van der Waals surface area contributed by atoms with Gasteiger partial charge in [-0.05, 0) is 11.8 Å². The van der Waals surface area contributed by atoms with Crippen molar-refractivity contribution in [1.29, 1.82) is 0 Å². The summed E-state index contributed by atoms with van der Waals surface area (Å²) in [5.74, 6) is 0. The molecule has 0 aliphatic carbocycles. The van der Waals surface area contributed by atoms with Crippen LogP contribution in [0.1, 0.15) is 0 Å². The van der Waals surface area contributed by atoms with Gasteiger partial charge in [-0.15, -0.1) is 35.4 Å². The third kappa shape index (κ3) is 3.74. The van der Waals surface area contributed by atoms with Gasteiger partial charge in [-0.25, -0.2) is 0 Å². The average molecular weight is 386 g/mol. The molecule has 21 heavy (non-hydrogen) atoms. The van der Waals surface area contributed by atoms with E-state index in [9.17, 15) is 0 Å². The Morgan fingerprint density at radius 3 is 2.10 bits per heavy atom. The topological polar surface area (TPSA) is 26.0 Å². The molecule has 0 saturated carbocycles. The quantitative estimate of drug-likeness (QED) is 0.371. The Morgan fingerprint density at radius 2 is 1.38 bits per heavy atom. The summed E-state index contributed by atoms with van der Waals surface area (Å²) < 4.78 is 0. The molecule has 0 spiro atoms. The zero-order valence-electron chi connectivity index (χ0n) is 11.2. The number of anilines is 1. The first-order valence-corrected chi connectivity index (χ1v) is 8.39. The Bertz CT molecular complexity index is 698.